The van der Waals surface area contributed by atoms with Crippen LogP contribution in [-0.2, 0) is 4.79 Å². The van der Waals surface area contributed by atoms with Gasteiger partial charge in [0.1, 0.15) is 5.82 Å². The number of nitrogens with one attached hydrogen (secondary N) is 2. The predicted molar refractivity (Wildman–Crippen MR) is 64.6 cm³/mol. The van der Waals surface area contributed by atoms with Crippen LogP contribution in [0.5, 0.6) is 0 Å². The summed E-state index contributed by atoms with van der Waals surface area (Å²) in [4.78, 5) is 22.9. The lowest BCUT2D eigenvalue weighted by atomic mass is 10.3. The van der Waals surface area contributed by atoms with E-state index in [1.807, 2.05) is 0 Å². The molecule has 0 saturated heterocycles. The fourth-order valence-electron chi connectivity index (χ4n) is 1.37. The number of hydrogen-bond acceptors (Lipinski definition) is 5. The third-order valence-corrected chi connectivity index (χ3v) is 2.50. The van der Waals surface area contributed by atoms with Crippen LogP contribution in [-0.4, -0.2) is 34.6 Å². The molecule has 1 heterocycles. The Morgan fingerprint density at radius 1 is 1.33 bits per heavy atom. The zero-order valence-electron chi connectivity index (χ0n) is 9.85. The molecule has 1 fully saturated rings. The summed E-state index contributed by atoms with van der Waals surface area (Å²) in [5.74, 6) is -0.140. The zero-order chi connectivity index (χ0) is 13.0. The van der Waals surface area contributed by atoms with Gasteiger partial charge in [-0.15, -0.1) is 10.2 Å². The first kappa shape index (κ1) is 12.3. The molecule has 0 aliphatic heterocycles. The summed E-state index contributed by atoms with van der Waals surface area (Å²) in [6, 6.07) is 3.33. The van der Waals surface area contributed by atoms with Crippen LogP contribution in [0.25, 0.3) is 0 Å². The lowest BCUT2D eigenvalue weighted by Gasteiger charge is -2.05. The van der Waals surface area contributed by atoms with E-state index >= 15 is 0 Å². The molecule has 0 atom stereocenters. The van der Waals surface area contributed by atoms with Crippen LogP contribution >= 0.6 is 0 Å². The molecule has 0 unspecified atom stereocenters. The van der Waals surface area contributed by atoms with Gasteiger partial charge in [0.05, 0.1) is 0 Å². The normalized spacial score (nSPS) is 14.0. The SMILES string of the molecule is Nc1ccc(C(=O)NCCC(=O)NC2CC2)nn1. The first-order chi connectivity index (χ1) is 8.65. The van der Waals surface area contributed by atoms with Gasteiger partial charge in [0.2, 0.25) is 5.91 Å². The lowest BCUT2D eigenvalue weighted by Crippen LogP contribution is -2.32. The molecule has 7 nitrogen and oxygen atoms in total. The molecule has 96 valence electrons. The van der Waals surface area contributed by atoms with E-state index in [2.05, 4.69) is 20.8 Å². The van der Waals surface area contributed by atoms with Gasteiger partial charge in [-0.3, -0.25) is 9.59 Å². The van der Waals surface area contributed by atoms with Crippen molar-refractivity contribution in [2.75, 3.05) is 12.3 Å². The highest BCUT2D eigenvalue weighted by atomic mass is 16.2. The second kappa shape index (κ2) is 5.44. The van der Waals surface area contributed by atoms with Crippen molar-refractivity contribution in [3.05, 3.63) is 17.8 Å². The Morgan fingerprint density at radius 2 is 2.11 bits per heavy atom. The van der Waals surface area contributed by atoms with Crippen molar-refractivity contribution in [1.29, 1.82) is 0 Å². The minimum atomic E-state index is -0.360. The molecule has 0 aromatic carbocycles. The largest absolute Gasteiger partial charge is 0.382 e. The maximum atomic E-state index is 11.6. The fraction of sp³-hybridized carbons (Fsp3) is 0.455. The van der Waals surface area contributed by atoms with Gasteiger partial charge in [0, 0.05) is 19.0 Å². The maximum absolute atomic E-state index is 11.6. The first-order valence-corrected chi connectivity index (χ1v) is 5.82. The van der Waals surface area contributed by atoms with E-state index < -0.39 is 0 Å². The van der Waals surface area contributed by atoms with E-state index in [0.29, 0.717) is 6.04 Å². The molecule has 1 aliphatic rings. The minimum Gasteiger partial charge on any atom is -0.382 e. The topological polar surface area (TPSA) is 110 Å². The van der Waals surface area contributed by atoms with Gasteiger partial charge in [-0.25, -0.2) is 0 Å². The molecule has 0 radical (unpaired) electrons. The molecule has 18 heavy (non-hydrogen) atoms. The summed E-state index contributed by atoms with van der Waals surface area (Å²) < 4.78 is 0. The lowest BCUT2D eigenvalue weighted by molar-refractivity contribution is -0.121. The van der Waals surface area contributed by atoms with Crippen LogP contribution in [0.4, 0.5) is 5.82 Å². The van der Waals surface area contributed by atoms with E-state index in [0.717, 1.165) is 12.8 Å². The second-order valence-corrected chi connectivity index (χ2v) is 4.19. The van der Waals surface area contributed by atoms with Crippen LogP contribution in [0.15, 0.2) is 12.1 Å². The molecular formula is C11H15N5O2. The molecule has 4 N–H and O–H groups in total. The highest BCUT2D eigenvalue weighted by Crippen LogP contribution is 2.18. The van der Waals surface area contributed by atoms with Crippen molar-refractivity contribution in [2.24, 2.45) is 0 Å². The average molecular weight is 249 g/mol. The molecule has 2 amide bonds. The number of nitrogen functional groups attached to an aromatic ring is 1. The third kappa shape index (κ3) is 3.69. The van der Waals surface area contributed by atoms with Crippen LogP contribution in [0.3, 0.4) is 0 Å². The fourth-order valence-corrected chi connectivity index (χ4v) is 1.37. The molecule has 1 aromatic heterocycles. The Bertz CT molecular complexity index is 441. The van der Waals surface area contributed by atoms with Gasteiger partial charge in [-0.05, 0) is 25.0 Å². The number of carbonyl (C=O) groups excluding carboxylic acids is 2. The number of nitrogens with zero attached hydrogens (tertiary/aromatic N) is 2. The number of anilines is 1. The van der Waals surface area contributed by atoms with Crippen molar-refractivity contribution in [2.45, 2.75) is 25.3 Å². The Hall–Kier alpha value is -2.18. The van der Waals surface area contributed by atoms with Gasteiger partial charge in [0.25, 0.3) is 5.91 Å². The predicted octanol–water partition coefficient (Wildman–Crippen LogP) is -0.543. The Balaban J connectivity index is 1.70. The van der Waals surface area contributed by atoms with E-state index in [9.17, 15) is 9.59 Å². The Labute approximate surface area is 104 Å². The first-order valence-electron chi connectivity index (χ1n) is 5.82. The summed E-state index contributed by atoms with van der Waals surface area (Å²) in [6.07, 6.45) is 2.38. The van der Waals surface area contributed by atoms with Gasteiger partial charge in [-0.1, -0.05) is 0 Å². The standard InChI is InChI=1S/C11H15N5O2/c12-9-4-3-8(15-16-9)11(18)13-6-5-10(17)14-7-1-2-7/h3-4,7H,1-2,5-6H2,(H2,12,16)(H,13,18)(H,14,17). The molecule has 0 spiro atoms. The Kier molecular flexibility index (Phi) is 3.71. The summed E-state index contributed by atoms with van der Waals surface area (Å²) in [5.41, 5.74) is 5.55. The van der Waals surface area contributed by atoms with Crippen LogP contribution < -0.4 is 16.4 Å². The third-order valence-electron chi connectivity index (χ3n) is 2.50. The second-order valence-electron chi connectivity index (χ2n) is 4.19. The quantitative estimate of drug-likeness (QED) is 0.649. The van der Waals surface area contributed by atoms with Gasteiger partial charge >= 0.3 is 0 Å². The minimum absolute atomic E-state index is 0.0406. The number of nitrogens with two attached hydrogens (primary N) is 1. The van der Waals surface area contributed by atoms with Crippen LogP contribution in [0.1, 0.15) is 29.8 Å². The van der Waals surface area contributed by atoms with E-state index in [-0.39, 0.29) is 36.3 Å². The Morgan fingerprint density at radius 3 is 2.72 bits per heavy atom. The monoisotopic (exact) mass is 249 g/mol. The molecule has 1 aromatic rings. The van der Waals surface area contributed by atoms with E-state index in [1.54, 1.807) is 0 Å². The molecule has 1 saturated carbocycles. The molecular weight excluding hydrogens is 234 g/mol. The van der Waals surface area contributed by atoms with Crippen LogP contribution in [0.2, 0.25) is 0 Å². The van der Waals surface area contributed by atoms with E-state index in [1.165, 1.54) is 12.1 Å². The summed E-state index contributed by atoms with van der Waals surface area (Å²) in [5, 5.41) is 12.7. The number of rotatable bonds is 5. The zero-order valence-corrected chi connectivity index (χ0v) is 9.85. The van der Waals surface area contributed by atoms with Gasteiger partial charge in [0.15, 0.2) is 5.69 Å². The summed E-state index contributed by atoms with van der Waals surface area (Å²) >= 11 is 0. The maximum Gasteiger partial charge on any atom is 0.271 e. The van der Waals surface area contributed by atoms with Crippen LogP contribution in [0, 0.1) is 0 Å². The molecule has 2 rings (SSSR count). The number of amides is 2. The highest BCUT2D eigenvalue weighted by Gasteiger charge is 2.22. The number of aromatic nitrogens is 2. The highest BCUT2D eigenvalue weighted by molar-refractivity contribution is 5.92. The van der Waals surface area contributed by atoms with Crippen molar-refractivity contribution in [3.63, 3.8) is 0 Å². The van der Waals surface area contributed by atoms with Crippen molar-refractivity contribution < 1.29 is 9.59 Å². The molecule has 0 bridgehead atoms. The molecule has 7 heteroatoms. The molecule has 1 aliphatic carbocycles. The summed E-state index contributed by atoms with van der Waals surface area (Å²) in [7, 11) is 0. The summed E-state index contributed by atoms with van der Waals surface area (Å²) in [6.45, 7) is 0.281. The van der Waals surface area contributed by atoms with Crippen molar-refractivity contribution in [1.82, 2.24) is 20.8 Å². The van der Waals surface area contributed by atoms with Gasteiger partial charge < -0.3 is 16.4 Å². The van der Waals surface area contributed by atoms with E-state index in [4.69, 9.17) is 5.73 Å². The van der Waals surface area contributed by atoms with Gasteiger partial charge in [-0.2, -0.15) is 0 Å². The average Bonchev–Trinajstić information content (AvgIpc) is 3.13. The number of carbonyl (C=O) groups is 2. The van der Waals surface area contributed by atoms with Crippen molar-refractivity contribution >= 4 is 17.6 Å². The number of hydrogen-bond donors (Lipinski definition) is 3. The smallest absolute Gasteiger partial charge is 0.271 e. The van der Waals surface area contributed by atoms with Crippen molar-refractivity contribution in [3.8, 4) is 0 Å².